The Morgan fingerprint density at radius 2 is 1.64 bits per heavy atom. The van der Waals surface area contributed by atoms with Gasteiger partial charge in [0.2, 0.25) is 0 Å². The van der Waals surface area contributed by atoms with Crippen LogP contribution in [0, 0.1) is 0 Å². The van der Waals surface area contributed by atoms with Gasteiger partial charge in [-0.2, -0.15) is 0 Å². The maximum Gasteiger partial charge on any atom is 0.0471 e. The van der Waals surface area contributed by atoms with Crippen LogP contribution in [0.3, 0.4) is 0 Å². The highest BCUT2D eigenvalue weighted by Crippen LogP contribution is 2.03. The highest BCUT2D eigenvalue weighted by molar-refractivity contribution is 5.22. The predicted octanol–water partition coefficient (Wildman–Crippen LogP) is 0.680. The van der Waals surface area contributed by atoms with Crippen LogP contribution in [0.25, 0.3) is 0 Å². The second kappa shape index (κ2) is 4.11. The van der Waals surface area contributed by atoms with Gasteiger partial charge >= 0.3 is 0 Å². The van der Waals surface area contributed by atoms with E-state index in [1.54, 1.807) is 0 Å². The van der Waals surface area contributed by atoms with E-state index in [-0.39, 0.29) is 6.61 Å². The molecule has 0 aromatic heterocycles. The van der Waals surface area contributed by atoms with Crippen molar-refractivity contribution in [3.05, 3.63) is 35.4 Å². The molecular formula is C9H13NO. The van der Waals surface area contributed by atoms with E-state index in [4.69, 9.17) is 10.8 Å². The van der Waals surface area contributed by atoms with Crippen LogP contribution >= 0.6 is 0 Å². The summed E-state index contributed by atoms with van der Waals surface area (Å²) in [7, 11) is 0. The largest absolute Gasteiger partial charge is 0.396 e. The van der Waals surface area contributed by atoms with Gasteiger partial charge in [0.25, 0.3) is 0 Å². The Bertz CT molecular complexity index is 205. The molecule has 11 heavy (non-hydrogen) atoms. The average molecular weight is 151 g/mol. The minimum absolute atomic E-state index is 0.210. The topological polar surface area (TPSA) is 46.2 Å². The van der Waals surface area contributed by atoms with Gasteiger partial charge in [0.15, 0.2) is 0 Å². The van der Waals surface area contributed by atoms with Gasteiger partial charge in [-0.05, 0) is 17.5 Å². The Balaban J connectivity index is 2.66. The predicted molar refractivity (Wildman–Crippen MR) is 45.1 cm³/mol. The van der Waals surface area contributed by atoms with Crippen LogP contribution in [-0.4, -0.2) is 11.7 Å². The first-order valence-electron chi connectivity index (χ1n) is 3.75. The van der Waals surface area contributed by atoms with E-state index in [0.29, 0.717) is 6.54 Å². The molecule has 0 aliphatic heterocycles. The van der Waals surface area contributed by atoms with Crippen LogP contribution in [0.15, 0.2) is 24.3 Å². The van der Waals surface area contributed by atoms with E-state index in [9.17, 15) is 0 Å². The van der Waals surface area contributed by atoms with Crippen LogP contribution in [0.1, 0.15) is 11.1 Å². The van der Waals surface area contributed by atoms with Crippen molar-refractivity contribution in [1.29, 1.82) is 0 Å². The number of hydrogen-bond donors (Lipinski definition) is 2. The molecule has 0 bridgehead atoms. The lowest BCUT2D eigenvalue weighted by Crippen LogP contribution is -1.96. The molecule has 0 saturated heterocycles. The maximum absolute atomic E-state index is 8.62. The quantitative estimate of drug-likeness (QED) is 0.667. The molecule has 2 nitrogen and oxygen atoms in total. The summed E-state index contributed by atoms with van der Waals surface area (Å²) in [5, 5.41) is 8.62. The Kier molecular flexibility index (Phi) is 3.08. The molecule has 0 aliphatic rings. The molecule has 0 radical (unpaired) electrons. The van der Waals surface area contributed by atoms with E-state index in [1.807, 2.05) is 24.3 Å². The molecule has 2 heteroatoms. The minimum atomic E-state index is 0.210. The van der Waals surface area contributed by atoms with Crippen molar-refractivity contribution in [3.63, 3.8) is 0 Å². The summed E-state index contributed by atoms with van der Waals surface area (Å²) >= 11 is 0. The number of nitrogens with two attached hydrogens (primary N) is 1. The molecule has 0 fully saturated rings. The lowest BCUT2D eigenvalue weighted by atomic mass is 10.1. The standard InChI is InChI=1S/C9H13NO/c10-7-9-3-1-8(2-4-9)5-6-11/h1-4,11H,5-7,10H2. The first-order valence-corrected chi connectivity index (χ1v) is 3.75. The summed E-state index contributed by atoms with van der Waals surface area (Å²) in [5.41, 5.74) is 7.71. The van der Waals surface area contributed by atoms with Crippen molar-refractivity contribution in [2.24, 2.45) is 5.73 Å². The van der Waals surface area contributed by atoms with E-state index >= 15 is 0 Å². The second-order valence-electron chi connectivity index (χ2n) is 2.49. The Labute approximate surface area is 66.7 Å². The molecule has 0 spiro atoms. The number of benzene rings is 1. The Morgan fingerprint density at radius 1 is 1.09 bits per heavy atom. The number of aliphatic hydroxyl groups excluding tert-OH is 1. The van der Waals surface area contributed by atoms with E-state index < -0.39 is 0 Å². The van der Waals surface area contributed by atoms with Crippen LogP contribution in [-0.2, 0) is 13.0 Å². The van der Waals surface area contributed by atoms with E-state index in [0.717, 1.165) is 17.5 Å². The van der Waals surface area contributed by atoms with Gasteiger partial charge in [-0.1, -0.05) is 24.3 Å². The van der Waals surface area contributed by atoms with Gasteiger partial charge in [0.1, 0.15) is 0 Å². The van der Waals surface area contributed by atoms with E-state index in [1.165, 1.54) is 0 Å². The fraction of sp³-hybridized carbons (Fsp3) is 0.333. The van der Waals surface area contributed by atoms with E-state index in [2.05, 4.69) is 0 Å². The highest BCUT2D eigenvalue weighted by atomic mass is 16.2. The summed E-state index contributed by atoms with van der Waals surface area (Å²) in [5.74, 6) is 0. The zero-order valence-corrected chi connectivity index (χ0v) is 6.46. The van der Waals surface area contributed by atoms with Gasteiger partial charge in [-0.25, -0.2) is 0 Å². The van der Waals surface area contributed by atoms with Crippen molar-refractivity contribution in [3.8, 4) is 0 Å². The fourth-order valence-corrected chi connectivity index (χ4v) is 0.971. The SMILES string of the molecule is NCc1ccc(CCO)cc1. The maximum atomic E-state index is 8.62. The smallest absolute Gasteiger partial charge is 0.0471 e. The molecular weight excluding hydrogens is 138 g/mol. The van der Waals surface area contributed by atoms with Crippen molar-refractivity contribution in [1.82, 2.24) is 0 Å². The first-order chi connectivity index (χ1) is 5.36. The molecule has 1 rings (SSSR count). The van der Waals surface area contributed by atoms with Crippen LogP contribution in [0.5, 0.6) is 0 Å². The number of aliphatic hydroxyl groups is 1. The molecule has 0 unspecified atom stereocenters. The molecule has 1 aromatic carbocycles. The average Bonchev–Trinajstić information content (AvgIpc) is 2.07. The van der Waals surface area contributed by atoms with Crippen LogP contribution in [0.2, 0.25) is 0 Å². The highest BCUT2D eigenvalue weighted by Gasteiger charge is 1.91. The molecule has 3 N–H and O–H groups in total. The monoisotopic (exact) mass is 151 g/mol. The lowest BCUT2D eigenvalue weighted by Gasteiger charge is -1.99. The minimum Gasteiger partial charge on any atom is -0.396 e. The van der Waals surface area contributed by atoms with Crippen molar-refractivity contribution in [2.45, 2.75) is 13.0 Å². The Morgan fingerprint density at radius 3 is 2.09 bits per heavy atom. The van der Waals surface area contributed by atoms with Gasteiger partial charge in [0.05, 0.1) is 0 Å². The van der Waals surface area contributed by atoms with Gasteiger partial charge in [0, 0.05) is 13.2 Å². The third kappa shape index (κ3) is 2.33. The second-order valence-corrected chi connectivity index (χ2v) is 2.49. The molecule has 1 aromatic rings. The third-order valence-corrected chi connectivity index (χ3v) is 1.66. The lowest BCUT2D eigenvalue weighted by molar-refractivity contribution is 0.299. The molecule has 0 saturated carbocycles. The summed E-state index contributed by atoms with van der Waals surface area (Å²) in [6.45, 7) is 0.793. The van der Waals surface area contributed by atoms with Gasteiger partial charge in [-0.15, -0.1) is 0 Å². The van der Waals surface area contributed by atoms with Crippen molar-refractivity contribution >= 4 is 0 Å². The normalized spacial score (nSPS) is 10.0. The molecule has 0 atom stereocenters. The number of rotatable bonds is 3. The Hall–Kier alpha value is -0.860. The van der Waals surface area contributed by atoms with Crippen molar-refractivity contribution in [2.75, 3.05) is 6.61 Å². The summed E-state index contributed by atoms with van der Waals surface area (Å²) in [6, 6.07) is 7.98. The zero-order chi connectivity index (χ0) is 8.10. The molecule has 0 aliphatic carbocycles. The summed E-state index contributed by atoms with van der Waals surface area (Å²) in [4.78, 5) is 0. The van der Waals surface area contributed by atoms with Crippen molar-refractivity contribution < 1.29 is 5.11 Å². The number of hydrogen-bond acceptors (Lipinski definition) is 2. The molecule has 0 amide bonds. The van der Waals surface area contributed by atoms with Gasteiger partial charge < -0.3 is 10.8 Å². The zero-order valence-electron chi connectivity index (χ0n) is 6.46. The third-order valence-electron chi connectivity index (χ3n) is 1.66. The van der Waals surface area contributed by atoms with Gasteiger partial charge in [-0.3, -0.25) is 0 Å². The first kappa shape index (κ1) is 8.24. The molecule has 0 heterocycles. The molecule has 60 valence electrons. The summed E-state index contributed by atoms with van der Waals surface area (Å²) in [6.07, 6.45) is 0.727. The fourth-order valence-electron chi connectivity index (χ4n) is 0.971. The summed E-state index contributed by atoms with van der Waals surface area (Å²) < 4.78 is 0. The van der Waals surface area contributed by atoms with Crippen LogP contribution in [0.4, 0.5) is 0 Å². The van der Waals surface area contributed by atoms with Crippen LogP contribution < -0.4 is 5.73 Å².